The summed E-state index contributed by atoms with van der Waals surface area (Å²) in [7, 11) is 3.38. The molecule has 1 aromatic carbocycles. The first-order valence-corrected chi connectivity index (χ1v) is 9.53. The molecule has 1 atom stereocenters. The van der Waals surface area contributed by atoms with Gasteiger partial charge in [-0.05, 0) is 57.2 Å². The first-order valence-electron chi connectivity index (χ1n) is 9.53. The smallest absolute Gasteiger partial charge is 0.410 e. The first kappa shape index (κ1) is 21.1. The van der Waals surface area contributed by atoms with Crippen LogP contribution in [-0.2, 0) is 16.0 Å². The molecule has 1 fully saturated rings. The maximum absolute atomic E-state index is 12.7. The van der Waals surface area contributed by atoms with E-state index in [4.69, 9.17) is 9.47 Å². The van der Waals surface area contributed by atoms with Crippen molar-refractivity contribution >= 4 is 12.0 Å². The number of carbonyl (C=O) groups is 2. The van der Waals surface area contributed by atoms with Crippen LogP contribution in [0.3, 0.4) is 0 Å². The monoisotopic (exact) mass is 376 g/mol. The second kappa shape index (κ2) is 9.11. The molecule has 0 aliphatic carbocycles. The van der Waals surface area contributed by atoms with Gasteiger partial charge in [0.25, 0.3) is 0 Å². The Morgan fingerprint density at radius 1 is 1.30 bits per heavy atom. The molecule has 2 amide bonds. The maximum Gasteiger partial charge on any atom is 0.410 e. The highest BCUT2D eigenvalue weighted by Gasteiger charge is 2.27. The van der Waals surface area contributed by atoms with Crippen molar-refractivity contribution in [1.29, 1.82) is 0 Å². The first-order chi connectivity index (χ1) is 12.7. The second-order valence-electron chi connectivity index (χ2n) is 8.24. The topological polar surface area (TPSA) is 59.1 Å². The van der Waals surface area contributed by atoms with Crippen molar-refractivity contribution < 1.29 is 19.1 Å². The minimum Gasteiger partial charge on any atom is -0.497 e. The summed E-state index contributed by atoms with van der Waals surface area (Å²) in [6.07, 6.45) is 2.01. The van der Waals surface area contributed by atoms with E-state index in [1.807, 2.05) is 49.9 Å². The molecule has 0 N–H and O–H groups in total. The fourth-order valence-electron chi connectivity index (χ4n) is 3.31. The summed E-state index contributed by atoms with van der Waals surface area (Å²) in [5.74, 6) is 1.15. The van der Waals surface area contributed by atoms with E-state index in [0.29, 0.717) is 19.5 Å². The van der Waals surface area contributed by atoms with Gasteiger partial charge in [0.15, 0.2) is 0 Å². The molecule has 0 spiro atoms. The van der Waals surface area contributed by atoms with E-state index < -0.39 is 5.60 Å². The number of methoxy groups -OCH3 is 1. The summed E-state index contributed by atoms with van der Waals surface area (Å²) in [5.41, 5.74) is 0.448. The molecule has 6 nitrogen and oxygen atoms in total. The van der Waals surface area contributed by atoms with E-state index in [2.05, 4.69) is 0 Å². The van der Waals surface area contributed by atoms with Gasteiger partial charge in [0.05, 0.1) is 13.5 Å². The van der Waals surface area contributed by atoms with E-state index in [-0.39, 0.29) is 17.9 Å². The van der Waals surface area contributed by atoms with Crippen LogP contribution in [0.1, 0.15) is 39.2 Å². The van der Waals surface area contributed by atoms with E-state index in [0.717, 1.165) is 30.7 Å². The summed E-state index contributed by atoms with van der Waals surface area (Å²) in [6.45, 7) is 7.62. The van der Waals surface area contributed by atoms with Crippen molar-refractivity contribution in [1.82, 2.24) is 9.80 Å². The molecule has 1 unspecified atom stereocenters. The van der Waals surface area contributed by atoms with Gasteiger partial charge in [-0.1, -0.05) is 12.1 Å². The molecule has 6 heteroatoms. The van der Waals surface area contributed by atoms with Crippen LogP contribution in [-0.4, -0.2) is 61.2 Å². The number of rotatable bonds is 5. The normalized spacial score (nSPS) is 17.4. The molecule has 2 rings (SSSR count). The van der Waals surface area contributed by atoms with Gasteiger partial charge in [0.2, 0.25) is 5.91 Å². The lowest BCUT2D eigenvalue weighted by Crippen LogP contribution is -2.45. The van der Waals surface area contributed by atoms with Crippen molar-refractivity contribution in [2.45, 2.75) is 45.6 Å². The highest BCUT2D eigenvalue weighted by Crippen LogP contribution is 2.20. The van der Waals surface area contributed by atoms with Crippen LogP contribution in [0, 0.1) is 5.92 Å². The molecule has 1 aliphatic rings. The fourth-order valence-corrected chi connectivity index (χ4v) is 3.31. The summed E-state index contributed by atoms with van der Waals surface area (Å²) in [5, 5.41) is 0. The number of ether oxygens (including phenoxy) is 2. The van der Waals surface area contributed by atoms with Gasteiger partial charge in [-0.25, -0.2) is 4.79 Å². The molecule has 1 saturated heterocycles. The SMILES string of the molecule is COc1cccc(CC(=O)N2CCCC(CN(C)C(=O)OC(C)(C)C)C2)c1. The molecule has 1 aromatic rings. The fraction of sp³-hybridized carbons (Fsp3) is 0.619. The van der Waals surface area contributed by atoms with Crippen molar-refractivity contribution in [2.24, 2.45) is 5.92 Å². The Morgan fingerprint density at radius 2 is 2.04 bits per heavy atom. The highest BCUT2D eigenvalue weighted by atomic mass is 16.6. The third kappa shape index (κ3) is 6.77. The van der Waals surface area contributed by atoms with E-state index in [9.17, 15) is 9.59 Å². The van der Waals surface area contributed by atoms with E-state index >= 15 is 0 Å². The minimum absolute atomic E-state index is 0.118. The minimum atomic E-state index is -0.503. The van der Waals surface area contributed by atoms with Crippen LogP contribution >= 0.6 is 0 Å². The van der Waals surface area contributed by atoms with Gasteiger partial charge in [0, 0.05) is 26.7 Å². The number of hydrogen-bond donors (Lipinski definition) is 0. The zero-order valence-corrected chi connectivity index (χ0v) is 17.2. The Bertz CT molecular complexity index is 654. The average Bonchev–Trinajstić information content (AvgIpc) is 2.60. The number of piperidine rings is 1. The molecule has 0 saturated carbocycles. The van der Waals surface area contributed by atoms with Crippen LogP contribution in [0.15, 0.2) is 24.3 Å². The third-order valence-corrected chi connectivity index (χ3v) is 4.60. The number of hydrogen-bond acceptors (Lipinski definition) is 4. The zero-order chi connectivity index (χ0) is 20.0. The zero-order valence-electron chi connectivity index (χ0n) is 17.2. The largest absolute Gasteiger partial charge is 0.497 e. The molecule has 0 radical (unpaired) electrons. The maximum atomic E-state index is 12.7. The number of benzene rings is 1. The van der Waals surface area contributed by atoms with E-state index in [1.165, 1.54) is 0 Å². The Morgan fingerprint density at radius 3 is 2.70 bits per heavy atom. The standard InChI is InChI=1S/C21H32N2O4/c1-21(2,3)27-20(25)22(4)14-17-9-7-11-23(15-17)19(24)13-16-8-6-10-18(12-16)26-5/h6,8,10,12,17H,7,9,11,13-15H2,1-5H3. The Kier molecular flexibility index (Phi) is 7.11. The third-order valence-electron chi connectivity index (χ3n) is 4.60. The van der Waals surface area contributed by atoms with Gasteiger partial charge in [-0.15, -0.1) is 0 Å². The molecule has 0 bridgehead atoms. The summed E-state index contributed by atoms with van der Waals surface area (Å²) in [4.78, 5) is 28.4. The summed E-state index contributed by atoms with van der Waals surface area (Å²) < 4.78 is 10.6. The molecular formula is C21H32N2O4. The molecule has 150 valence electrons. The lowest BCUT2D eigenvalue weighted by molar-refractivity contribution is -0.132. The number of likely N-dealkylation sites (tertiary alicyclic amines) is 1. The van der Waals surface area contributed by atoms with Gasteiger partial charge in [-0.3, -0.25) is 4.79 Å². The quantitative estimate of drug-likeness (QED) is 0.791. The van der Waals surface area contributed by atoms with Crippen LogP contribution < -0.4 is 4.74 Å². The van der Waals surface area contributed by atoms with Crippen LogP contribution in [0.5, 0.6) is 5.75 Å². The summed E-state index contributed by atoms with van der Waals surface area (Å²) >= 11 is 0. The van der Waals surface area contributed by atoms with Crippen molar-refractivity contribution in [2.75, 3.05) is 33.8 Å². The average molecular weight is 376 g/mol. The molecule has 27 heavy (non-hydrogen) atoms. The van der Waals surface area contributed by atoms with Crippen molar-refractivity contribution in [3.63, 3.8) is 0 Å². The number of nitrogens with zero attached hydrogens (tertiary/aromatic N) is 2. The Hall–Kier alpha value is -2.24. The second-order valence-corrected chi connectivity index (χ2v) is 8.24. The van der Waals surface area contributed by atoms with E-state index in [1.54, 1.807) is 19.1 Å². The summed E-state index contributed by atoms with van der Waals surface area (Å²) in [6, 6.07) is 7.61. The van der Waals surface area contributed by atoms with Crippen molar-refractivity contribution in [3.8, 4) is 5.75 Å². The molecule has 1 aliphatic heterocycles. The molecular weight excluding hydrogens is 344 g/mol. The number of amides is 2. The van der Waals surface area contributed by atoms with Crippen LogP contribution in [0.2, 0.25) is 0 Å². The predicted octanol–water partition coefficient (Wildman–Crippen LogP) is 3.34. The van der Waals surface area contributed by atoms with Gasteiger partial charge in [-0.2, -0.15) is 0 Å². The predicted molar refractivity (Wildman–Crippen MR) is 105 cm³/mol. The lowest BCUT2D eigenvalue weighted by atomic mass is 9.97. The van der Waals surface area contributed by atoms with Gasteiger partial charge >= 0.3 is 6.09 Å². The Balaban J connectivity index is 1.89. The van der Waals surface area contributed by atoms with Gasteiger partial charge in [0.1, 0.15) is 11.4 Å². The number of carbonyl (C=O) groups excluding carboxylic acids is 2. The van der Waals surface area contributed by atoms with Crippen molar-refractivity contribution in [3.05, 3.63) is 29.8 Å². The van der Waals surface area contributed by atoms with Crippen LogP contribution in [0.4, 0.5) is 4.79 Å². The highest BCUT2D eigenvalue weighted by molar-refractivity contribution is 5.79. The molecule has 0 aromatic heterocycles. The lowest BCUT2D eigenvalue weighted by Gasteiger charge is -2.35. The van der Waals surface area contributed by atoms with Gasteiger partial charge < -0.3 is 19.3 Å². The molecule has 1 heterocycles. The Labute approximate surface area is 162 Å². The van der Waals surface area contributed by atoms with Crippen LogP contribution in [0.25, 0.3) is 0 Å².